The van der Waals surface area contributed by atoms with E-state index in [0.29, 0.717) is 0 Å². The molecule has 0 aromatic heterocycles. The van der Waals surface area contributed by atoms with Gasteiger partial charge >= 0.3 is 0 Å². The highest BCUT2D eigenvalue weighted by Gasteiger charge is 2.19. The molecule has 0 fully saturated rings. The molecule has 0 saturated carbocycles. The molecule has 2 heteroatoms. The molecule has 86 valence electrons. The Morgan fingerprint density at radius 3 is 3.12 bits per heavy atom. The zero-order valence-corrected chi connectivity index (χ0v) is 9.83. The SMILES string of the molecule is C=C(C)CNCC1OCCc2ccccc21. The van der Waals surface area contributed by atoms with Gasteiger partial charge in [0.1, 0.15) is 0 Å². The van der Waals surface area contributed by atoms with Crippen LogP contribution in [-0.4, -0.2) is 19.7 Å². The summed E-state index contributed by atoms with van der Waals surface area (Å²) in [5.41, 5.74) is 3.92. The standard InChI is InChI=1S/C14H19NO/c1-11(2)9-15-10-14-13-6-4-3-5-12(13)7-8-16-14/h3-6,14-15H,1,7-10H2,2H3. The largest absolute Gasteiger partial charge is 0.372 e. The van der Waals surface area contributed by atoms with Gasteiger partial charge in [-0.25, -0.2) is 0 Å². The third kappa shape index (κ3) is 2.71. The highest BCUT2D eigenvalue weighted by Crippen LogP contribution is 2.26. The number of hydrogen-bond acceptors (Lipinski definition) is 2. The second kappa shape index (κ2) is 5.28. The Morgan fingerprint density at radius 2 is 2.31 bits per heavy atom. The van der Waals surface area contributed by atoms with Gasteiger partial charge in [0.2, 0.25) is 0 Å². The molecule has 0 radical (unpaired) electrons. The predicted octanol–water partition coefficient (Wildman–Crippen LogP) is 2.47. The summed E-state index contributed by atoms with van der Waals surface area (Å²) in [7, 11) is 0. The first-order valence-electron chi connectivity index (χ1n) is 5.82. The Bertz CT molecular complexity index is 373. The Labute approximate surface area is 97.3 Å². The molecule has 0 aliphatic carbocycles. The molecule has 0 saturated heterocycles. The van der Waals surface area contributed by atoms with Crippen LogP contribution in [0.2, 0.25) is 0 Å². The second-order valence-electron chi connectivity index (χ2n) is 4.40. The van der Waals surface area contributed by atoms with E-state index in [2.05, 4.69) is 36.2 Å². The van der Waals surface area contributed by atoms with Crippen LogP contribution in [-0.2, 0) is 11.2 Å². The van der Waals surface area contributed by atoms with Gasteiger partial charge in [0.05, 0.1) is 12.7 Å². The highest BCUT2D eigenvalue weighted by molar-refractivity contribution is 5.31. The van der Waals surface area contributed by atoms with Gasteiger partial charge in [-0.1, -0.05) is 36.4 Å². The lowest BCUT2D eigenvalue weighted by atomic mass is 9.97. The van der Waals surface area contributed by atoms with E-state index in [1.54, 1.807) is 0 Å². The minimum absolute atomic E-state index is 0.198. The smallest absolute Gasteiger partial charge is 0.0952 e. The quantitative estimate of drug-likeness (QED) is 0.782. The van der Waals surface area contributed by atoms with Crippen LogP contribution in [0.4, 0.5) is 0 Å². The van der Waals surface area contributed by atoms with Gasteiger partial charge < -0.3 is 10.1 Å². The first-order valence-corrected chi connectivity index (χ1v) is 5.82. The molecule has 1 aliphatic heterocycles. The first kappa shape index (κ1) is 11.4. The maximum atomic E-state index is 5.79. The van der Waals surface area contributed by atoms with Gasteiger partial charge in [-0.3, -0.25) is 0 Å². The Hall–Kier alpha value is -1.12. The van der Waals surface area contributed by atoms with Crippen LogP contribution in [0.1, 0.15) is 24.2 Å². The lowest BCUT2D eigenvalue weighted by Crippen LogP contribution is -2.28. The molecule has 1 heterocycles. The minimum Gasteiger partial charge on any atom is -0.372 e. The van der Waals surface area contributed by atoms with Gasteiger partial charge in [-0.05, 0) is 24.5 Å². The predicted molar refractivity (Wildman–Crippen MR) is 66.5 cm³/mol. The molecular formula is C14H19NO. The Balaban J connectivity index is 1.99. The minimum atomic E-state index is 0.198. The molecule has 1 aromatic carbocycles. The number of rotatable bonds is 4. The molecule has 1 unspecified atom stereocenters. The Morgan fingerprint density at radius 1 is 1.50 bits per heavy atom. The molecular weight excluding hydrogens is 198 g/mol. The van der Waals surface area contributed by atoms with Crippen LogP contribution in [0.3, 0.4) is 0 Å². The van der Waals surface area contributed by atoms with E-state index in [-0.39, 0.29) is 6.10 Å². The van der Waals surface area contributed by atoms with E-state index in [0.717, 1.165) is 31.7 Å². The van der Waals surface area contributed by atoms with Crippen LogP contribution < -0.4 is 5.32 Å². The van der Waals surface area contributed by atoms with Crippen molar-refractivity contribution in [2.75, 3.05) is 19.7 Å². The third-order valence-electron chi connectivity index (χ3n) is 2.85. The van der Waals surface area contributed by atoms with Gasteiger partial charge in [0.25, 0.3) is 0 Å². The molecule has 1 N–H and O–H groups in total. The second-order valence-corrected chi connectivity index (χ2v) is 4.40. The maximum absolute atomic E-state index is 5.79. The summed E-state index contributed by atoms with van der Waals surface area (Å²) < 4.78 is 5.79. The fourth-order valence-electron chi connectivity index (χ4n) is 2.06. The van der Waals surface area contributed by atoms with Crippen LogP contribution in [0.15, 0.2) is 36.4 Å². The van der Waals surface area contributed by atoms with Gasteiger partial charge in [0, 0.05) is 13.1 Å². The van der Waals surface area contributed by atoms with Crippen LogP contribution in [0.25, 0.3) is 0 Å². The maximum Gasteiger partial charge on any atom is 0.0952 e. The first-order chi connectivity index (χ1) is 7.77. The average Bonchev–Trinajstić information content (AvgIpc) is 2.29. The molecule has 16 heavy (non-hydrogen) atoms. The average molecular weight is 217 g/mol. The fraction of sp³-hybridized carbons (Fsp3) is 0.429. The number of benzene rings is 1. The van der Waals surface area contributed by atoms with E-state index >= 15 is 0 Å². The van der Waals surface area contributed by atoms with E-state index in [1.807, 2.05) is 6.92 Å². The number of ether oxygens (including phenoxy) is 1. The highest BCUT2D eigenvalue weighted by atomic mass is 16.5. The summed E-state index contributed by atoms with van der Waals surface area (Å²) in [6, 6.07) is 8.55. The van der Waals surface area contributed by atoms with Crippen LogP contribution >= 0.6 is 0 Å². The van der Waals surface area contributed by atoms with Gasteiger partial charge in [-0.15, -0.1) is 0 Å². The van der Waals surface area contributed by atoms with Gasteiger partial charge in [0.15, 0.2) is 0 Å². The summed E-state index contributed by atoms with van der Waals surface area (Å²) in [4.78, 5) is 0. The van der Waals surface area contributed by atoms with Crippen molar-refractivity contribution in [1.29, 1.82) is 0 Å². The molecule has 2 rings (SSSR count). The topological polar surface area (TPSA) is 21.3 Å². The lowest BCUT2D eigenvalue weighted by Gasteiger charge is -2.26. The van der Waals surface area contributed by atoms with E-state index in [1.165, 1.54) is 11.1 Å². The summed E-state index contributed by atoms with van der Waals surface area (Å²) >= 11 is 0. The molecule has 1 aliphatic rings. The number of hydrogen-bond donors (Lipinski definition) is 1. The van der Waals surface area contributed by atoms with Crippen molar-refractivity contribution in [2.45, 2.75) is 19.4 Å². The normalized spacial score (nSPS) is 19.2. The number of nitrogens with one attached hydrogen (secondary N) is 1. The van der Waals surface area contributed by atoms with Crippen molar-refractivity contribution >= 4 is 0 Å². The molecule has 0 amide bonds. The van der Waals surface area contributed by atoms with E-state index in [4.69, 9.17) is 4.74 Å². The van der Waals surface area contributed by atoms with Crippen molar-refractivity contribution in [2.24, 2.45) is 0 Å². The monoisotopic (exact) mass is 217 g/mol. The third-order valence-corrected chi connectivity index (χ3v) is 2.85. The zero-order valence-electron chi connectivity index (χ0n) is 9.83. The van der Waals surface area contributed by atoms with Crippen molar-refractivity contribution < 1.29 is 4.74 Å². The van der Waals surface area contributed by atoms with Crippen molar-refractivity contribution in [3.8, 4) is 0 Å². The lowest BCUT2D eigenvalue weighted by molar-refractivity contribution is 0.0431. The molecule has 1 atom stereocenters. The summed E-state index contributed by atoms with van der Waals surface area (Å²) in [6.45, 7) is 8.47. The summed E-state index contributed by atoms with van der Waals surface area (Å²) in [6.07, 6.45) is 1.23. The summed E-state index contributed by atoms with van der Waals surface area (Å²) in [5.74, 6) is 0. The van der Waals surface area contributed by atoms with Crippen LogP contribution in [0.5, 0.6) is 0 Å². The number of fused-ring (bicyclic) bond motifs is 1. The summed E-state index contributed by atoms with van der Waals surface area (Å²) in [5, 5.41) is 3.37. The van der Waals surface area contributed by atoms with Crippen molar-refractivity contribution in [1.82, 2.24) is 5.32 Å². The molecule has 2 nitrogen and oxygen atoms in total. The molecule has 1 aromatic rings. The fourth-order valence-corrected chi connectivity index (χ4v) is 2.06. The zero-order chi connectivity index (χ0) is 11.4. The van der Waals surface area contributed by atoms with E-state index < -0.39 is 0 Å². The van der Waals surface area contributed by atoms with Crippen LogP contribution in [0, 0.1) is 0 Å². The van der Waals surface area contributed by atoms with Crippen molar-refractivity contribution in [3.63, 3.8) is 0 Å². The molecule has 0 spiro atoms. The molecule has 0 bridgehead atoms. The van der Waals surface area contributed by atoms with Gasteiger partial charge in [-0.2, -0.15) is 0 Å². The van der Waals surface area contributed by atoms with E-state index in [9.17, 15) is 0 Å². The van der Waals surface area contributed by atoms with Crippen molar-refractivity contribution in [3.05, 3.63) is 47.5 Å². The Kier molecular flexibility index (Phi) is 3.75.